The molecule has 124 valence electrons. The zero-order valence-corrected chi connectivity index (χ0v) is 14.0. The number of aliphatic hydroxyl groups is 1. The minimum Gasteiger partial charge on any atom is -0.496 e. The Labute approximate surface area is 146 Å². The smallest absolute Gasteiger partial charge is 0.250 e. The molecule has 2 aromatic rings. The Morgan fingerprint density at radius 1 is 1.25 bits per heavy atom. The lowest BCUT2D eigenvalue weighted by atomic mass is 10.2. The predicted molar refractivity (Wildman–Crippen MR) is 98.8 cm³/mol. The summed E-state index contributed by atoms with van der Waals surface area (Å²) in [6.45, 7) is -0.0592. The van der Waals surface area contributed by atoms with Gasteiger partial charge >= 0.3 is 0 Å². The Hall–Kier alpha value is -2.70. The Bertz CT molecular complexity index is 759. The highest BCUT2D eigenvalue weighted by molar-refractivity contribution is 7.80. The number of anilines is 1. The van der Waals surface area contributed by atoms with E-state index in [1.54, 1.807) is 37.5 Å². The van der Waals surface area contributed by atoms with Crippen LogP contribution >= 0.6 is 12.2 Å². The lowest BCUT2D eigenvalue weighted by Crippen LogP contribution is -2.32. The van der Waals surface area contributed by atoms with Crippen molar-refractivity contribution in [3.05, 3.63) is 65.7 Å². The maximum atomic E-state index is 11.9. The monoisotopic (exact) mass is 342 g/mol. The summed E-state index contributed by atoms with van der Waals surface area (Å²) >= 11 is 5.11. The van der Waals surface area contributed by atoms with Gasteiger partial charge in [0.25, 0.3) is 0 Å². The van der Waals surface area contributed by atoms with Crippen molar-refractivity contribution in [1.29, 1.82) is 0 Å². The fraction of sp³-hybridized carbons (Fsp3) is 0.111. The van der Waals surface area contributed by atoms with Crippen LogP contribution in [0.1, 0.15) is 11.1 Å². The van der Waals surface area contributed by atoms with Crippen LogP contribution in [0.15, 0.2) is 54.6 Å². The van der Waals surface area contributed by atoms with Gasteiger partial charge in [0.2, 0.25) is 5.91 Å². The van der Waals surface area contributed by atoms with Gasteiger partial charge in [0, 0.05) is 17.3 Å². The third-order valence-corrected chi connectivity index (χ3v) is 3.36. The number of ether oxygens (including phenoxy) is 1. The Morgan fingerprint density at radius 3 is 2.79 bits per heavy atom. The fourth-order valence-electron chi connectivity index (χ4n) is 2.03. The topological polar surface area (TPSA) is 70.6 Å². The molecule has 0 aliphatic heterocycles. The molecule has 0 spiro atoms. The summed E-state index contributed by atoms with van der Waals surface area (Å²) in [4.78, 5) is 11.9. The number of benzene rings is 2. The molecule has 0 aliphatic rings. The molecule has 0 fully saturated rings. The van der Waals surface area contributed by atoms with Gasteiger partial charge in [-0.05, 0) is 42.1 Å². The van der Waals surface area contributed by atoms with Crippen molar-refractivity contribution in [1.82, 2.24) is 5.32 Å². The molecule has 0 unspecified atom stereocenters. The number of rotatable bonds is 5. The van der Waals surface area contributed by atoms with Gasteiger partial charge in [-0.15, -0.1) is 0 Å². The molecular weight excluding hydrogens is 324 g/mol. The van der Waals surface area contributed by atoms with Crippen LogP contribution in [0.25, 0.3) is 6.08 Å². The van der Waals surface area contributed by atoms with E-state index in [4.69, 9.17) is 22.1 Å². The summed E-state index contributed by atoms with van der Waals surface area (Å²) in [6.07, 6.45) is 3.04. The van der Waals surface area contributed by atoms with Crippen LogP contribution in [0.5, 0.6) is 5.75 Å². The summed E-state index contributed by atoms with van der Waals surface area (Å²) in [5.74, 6) is 0.333. The van der Waals surface area contributed by atoms with E-state index in [0.29, 0.717) is 11.4 Å². The molecule has 2 rings (SSSR count). The Kier molecular flexibility index (Phi) is 6.48. The Balaban J connectivity index is 1.94. The number of hydrogen-bond donors (Lipinski definition) is 3. The van der Waals surface area contributed by atoms with Crippen LogP contribution < -0.4 is 15.4 Å². The van der Waals surface area contributed by atoms with Crippen molar-refractivity contribution in [3.8, 4) is 5.75 Å². The number of carbonyl (C=O) groups is 1. The van der Waals surface area contributed by atoms with Crippen molar-refractivity contribution in [2.45, 2.75) is 6.61 Å². The first kappa shape index (κ1) is 17.7. The molecule has 0 radical (unpaired) electrons. The molecule has 0 aromatic heterocycles. The molecule has 0 saturated carbocycles. The summed E-state index contributed by atoms with van der Waals surface area (Å²) in [6, 6.07) is 14.5. The molecule has 0 atom stereocenters. The standard InChI is InChI=1S/C18H18N2O3S/c1-23-16-8-3-2-6-14(16)9-10-17(22)20-18(24)19-15-7-4-5-13(11-15)12-21/h2-11,21H,12H2,1H3,(H2,19,20,22,24)/b10-9+. The van der Waals surface area contributed by atoms with E-state index < -0.39 is 0 Å². The lowest BCUT2D eigenvalue weighted by molar-refractivity contribution is -0.115. The van der Waals surface area contributed by atoms with Gasteiger partial charge in [-0.2, -0.15) is 0 Å². The number of aliphatic hydroxyl groups excluding tert-OH is 1. The number of hydrogen-bond acceptors (Lipinski definition) is 4. The quantitative estimate of drug-likeness (QED) is 0.576. The van der Waals surface area contributed by atoms with Gasteiger partial charge < -0.3 is 15.2 Å². The Morgan fingerprint density at radius 2 is 2.04 bits per heavy atom. The summed E-state index contributed by atoms with van der Waals surface area (Å²) in [5.41, 5.74) is 2.25. The molecular formula is C18H18N2O3S. The van der Waals surface area contributed by atoms with Crippen LogP contribution in [-0.4, -0.2) is 23.2 Å². The average molecular weight is 342 g/mol. The van der Waals surface area contributed by atoms with E-state index in [1.807, 2.05) is 24.3 Å². The maximum absolute atomic E-state index is 11.9. The second-order valence-electron chi connectivity index (χ2n) is 4.88. The molecule has 24 heavy (non-hydrogen) atoms. The molecule has 0 aliphatic carbocycles. The molecule has 1 amide bonds. The number of para-hydroxylation sites is 1. The summed E-state index contributed by atoms with van der Waals surface area (Å²) in [7, 11) is 1.58. The third-order valence-electron chi connectivity index (χ3n) is 3.16. The molecule has 3 N–H and O–H groups in total. The van der Waals surface area contributed by atoms with E-state index in [0.717, 1.165) is 11.1 Å². The van der Waals surface area contributed by atoms with Crippen molar-refractivity contribution in [3.63, 3.8) is 0 Å². The minimum absolute atomic E-state index is 0.0592. The molecule has 0 bridgehead atoms. The van der Waals surface area contributed by atoms with Crippen LogP contribution in [0.4, 0.5) is 5.69 Å². The number of methoxy groups -OCH3 is 1. The normalized spacial score (nSPS) is 10.4. The first-order valence-corrected chi connectivity index (χ1v) is 7.66. The van der Waals surface area contributed by atoms with E-state index >= 15 is 0 Å². The summed E-state index contributed by atoms with van der Waals surface area (Å²) in [5, 5.41) is 14.8. The average Bonchev–Trinajstić information content (AvgIpc) is 2.60. The molecule has 0 heterocycles. The van der Waals surface area contributed by atoms with Gasteiger partial charge in [-0.25, -0.2) is 0 Å². The highest BCUT2D eigenvalue weighted by Crippen LogP contribution is 2.18. The highest BCUT2D eigenvalue weighted by atomic mass is 32.1. The number of thiocarbonyl (C=S) groups is 1. The zero-order chi connectivity index (χ0) is 17.4. The largest absolute Gasteiger partial charge is 0.496 e. The van der Waals surface area contributed by atoms with Gasteiger partial charge in [-0.1, -0.05) is 30.3 Å². The SMILES string of the molecule is COc1ccccc1/C=C/C(=O)NC(=S)Nc1cccc(CO)c1. The van der Waals surface area contributed by atoms with Gasteiger partial charge in [0.15, 0.2) is 5.11 Å². The van der Waals surface area contributed by atoms with Gasteiger partial charge in [-0.3, -0.25) is 10.1 Å². The zero-order valence-electron chi connectivity index (χ0n) is 13.2. The second kappa shape index (κ2) is 8.81. The van der Waals surface area contributed by atoms with Crippen molar-refractivity contribution >= 4 is 35.0 Å². The molecule has 5 nitrogen and oxygen atoms in total. The second-order valence-corrected chi connectivity index (χ2v) is 5.29. The van der Waals surface area contributed by atoms with Crippen molar-refractivity contribution in [2.75, 3.05) is 12.4 Å². The first-order valence-electron chi connectivity index (χ1n) is 7.25. The maximum Gasteiger partial charge on any atom is 0.250 e. The predicted octanol–water partition coefficient (Wildman–Crippen LogP) is 2.71. The first-order chi connectivity index (χ1) is 11.6. The van der Waals surface area contributed by atoms with Crippen LogP contribution in [0.3, 0.4) is 0 Å². The van der Waals surface area contributed by atoms with Crippen molar-refractivity contribution in [2.24, 2.45) is 0 Å². The summed E-state index contributed by atoms with van der Waals surface area (Å²) < 4.78 is 5.22. The van der Waals surface area contributed by atoms with Crippen LogP contribution in [-0.2, 0) is 11.4 Å². The molecule has 6 heteroatoms. The number of carbonyl (C=O) groups excluding carboxylic acids is 1. The van der Waals surface area contributed by atoms with E-state index in [2.05, 4.69) is 10.6 Å². The number of nitrogens with one attached hydrogen (secondary N) is 2. The molecule has 0 saturated heterocycles. The lowest BCUT2D eigenvalue weighted by Gasteiger charge is -2.09. The van der Waals surface area contributed by atoms with E-state index in [1.165, 1.54) is 6.08 Å². The van der Waals surface area contributed by atoms with Crippen LogP contribution in [0, 0.1) is 0 Å². The van der Waals surface area contributed by atoms with Crippen LogP contribution in [0.2, 0.25) is 0 Å². The number of amides is 1. The third kappa shape index (κ3) is 5.19. The fourth-order valence-corrected chi connectivity index (χ4v) is 2.25. The van der Waals surface area contributed by atoms with E-state index in [-0.39, 0.29) is 17.6 Å². The molecule has 2 aromatic carbocycles. The van der Waals surface area contributed by atoms with Gasteiger partial charge in [0.05, 0.1) is 13.7 Å². The minimum atomic E-state index is -0.350. The van der Waals surface area contributed by atoms with Crippen molar-refractivity contribution < 1.29 is 14.6 Å². The highest BCUT2D eigenvalue weighted by Gasteiger charge is 2.03. The van der Waals surface area contributed by atoms with E-state index in [9.17, 15) is 4.79 Å². The van der Waals surface area contributed by atoms with Gasteiger partial charge in [0.1, 0.15) is 5.75 Å².